The van der Waals surface area contributed by atoms with E-state index in [1.807, 2.05) is 88.3 Å². The van der Waals surface area contributed by atoms with Gasteiger partial charge in [-0.25, -0.2) is 9.97 Å². The van der Waals surface area contributed by atoms with E-state index in [2.05, 4.69) is 28.2 Å². The summed E-state index contributed by atoms with van der Waals surface area (Å²) in [6.45, 7) is 2.61. The lowest BCUT2D eigenvalue weighted by Gasteiger charge is -2.35. The van der Waals surface area contributed by atoms with Gasteiger partial charge in [-0.05, 0) is 29.3 Å². The van der Waals surface area contributed by atoms with Gasteiger partial charge in [-0.1, -0.05) is 84.4 Å². The van der Waals surface area contributed by atoms with Crippen molar-refractivity contribution >= 4 is 40.4 Å². The molecule has 0 bridgehead atoms. The summed E-state index contributed by atoms with van der Waals surface area (Å²) in [5.74, 6) is 0.891. The zero-order valence-corrected chi connectivity index (χ0v) is 21.5. The fraction of sp³-hybridized carbons (Fsp3) is 0.129. The lowest BCUT2D eigenvalue weighted by Crippen LogP contribution is -2.48. The monoisotopic (exact) mass is 519 g/mol. The molecule has 1 saturated heterocycles. The number of piperazine rings is 1. The Morgan fingerprint density at radius 3 is 2.24 bits per heavy atom. The number of halogens is 1. The van der Waals surface area contributed by atoms with Crippen molar-refractivity contribution in [1.82, 2.24) is 19.4 Å². The molecule has 0 N–H and O–H groups in total. The molecule has 7 heteroatoms. The number of aromatic nitrogens is 3. The van der Waals surface area contributed by atoms with Crippen LogP contribution in [0.15, 0.2) is 104 Å². The van der Waals surface area contributed by atoms with Gasteiger partial charge in [0.05, 0.1) is 16.1 Å². The number of hydrogen-bond donors (Lipinski definition) is 0. The third-order valence-corrected chi connectivity index (χ3v) is 7.19. The summed E-state index contributed by atoms with van der Waals surface area (Å²) in [7, 11) is 0. The number of amides is 1. The summed E-state index contributed by atoms with van der Waals surface area (Å²) >= 11 is 6.60. The molecule has 5 aromatic rings. The van der Waals surface area contributed by atoms with Crippen molar-refractivity contribution in [2.45, 2.75) is 0 Å². The van der Waals surface area contributed by atoms with Crippen LogP contribution in [0.25, 0.3) is 33.9 Å². The highest BCUT2D eigenvalue weighted by Crippen LogP contribution is 2.38. The van der Waals surface area contributed by atoms with Gasteiger partial charge in [0.25, 0.3) is 0 Å². The van der Waals surface area contributed by atoms with Crippen LogP contribution in [0.4, 0.5) is 5.82 Å². The highest BCUT2D eigenvalue weighted by Gasteiger charge is 2.25. The summed E-state index contributed by atoms with van der Waals surface area (Å²) in [5, 5.41) is 1.63. The van der Waals surface area contributed by atoms with Gasteiger partial charge in [-0.3, -0.25) is 9.36 Å². The van der Waals surface area contributed by atoms with Crippen LogP contribution in [0, 0.1) is 0 Å². The molecule has 38 heavy (non-hydrogen) atoms. The Morgan fingerprint density at radius 2 is 1.50 bits per heavy atom. The number of rotatable bonds is 5. The quantitative estimate of drug-likeness (QED) is 0.263. The van der Waals surface area contributed by atoms with Crippen LogP contribution in [-0.4, -0.2) is 51.5 Å². The van der Waals surface area contributed by atoms with Crippen LogP contribution in [0.5, 0.6) is 0 Å². The molecule has 0 atom stereocenters. The first-order valence-electron chi connectivity index (χ1n) is 12.6. The summed E-state index contributed by atoms with van der Waals surface area (Å²) < 4.78 is 2.04. The van der Waals surface area contributed by atoms with Crippen molar-refractivity contribution in [3.8, 4) is 16.8 Å². The van der Waals surface area contributed by atoms with Gasteiger partial charge >= 0.3 is 0 Å². The minimum absolute atomic E-state index is 0.0242. The first-order chi connectivity index (χ1) is 18.7. The van der Waals surface area contributed by atoms with Crippen molar-refractivity contribution in [1.29, 1.82) is 0 Å². The van der Waals surface area contributed by atoms with Gasteiger partial charge in [0.2, 0.25) is 5.91 Å². The van der Waals surface area contributed by atoms with Crippen LogP contribution < -0.4 is 4.90 Å². The number of carbonyl (C=O) groups excluding carboxylic acids is 1. The number of anilines is 1. The Morgan fingerprint density at radius 1 is 0.816 bits per heavy atom. The number of fused-ring (bicyclic) bond motifs is 1. The molecular weight excluding hydrogens is 494 g/mol. The van der Waals surface area contributed by atoms with E-state index in [1.54, 1.807) is 12.4 Å². The van der Waals surface area contributed by atoms with Crippen LogP contribution in [0.3, 0.4) is 0 Å². The first-order valence-corrected chi connectivity index (χ1v) is 13.0. The van der Waals surface area contributed by atoms with E-state index in [-0.39, 0.29) is 5.91 Å². The van der Waals surface area contributed by atoms with Crippen LogP contribution >= 0.6 is 11.6 Å². The molecule has 1 aliphatic heterocycles. The summed E-state index contributed by atoms with van der Waals surface area (Å²) in [6.07, 6.45) is 7.23. The Hall–Kier alpha value is -4.42. The Labute approximate surface area is 226 Å². The molecule has 0 spiro atoms. The van der Waals surface area contributed by atoms with E-state index in [9.17, 15) is 4.79 Å². The zero-order valence-electron chi connectivity index (χ0n) is 20.7. The minimum Gasteiger partial charge on any atom is -0.352 e. The Kier molecular flexibility index (Phi) is 6.63. The van der Waals surface area contributed by atoms with E-state index in [1.165, 1.54) is 0 Å². The smallest absolute Gasteiger partial charge is 0.246 e. The van der Waals surface area contributed by atoms with E-state index < -0.39 is 0 Å². The molecule has 1 fully saturated rings. The molecule has 0 aliphatic carbocycles. The third-order valence-electron chi connectivity index (χ3n) is 6.87. The molecule has 3 heterocycles. The topological polar surface area (TPSA) is 54.3 Å². The second-order valence-corrected chi connectivity index (χ2v) is 9.59. The maximum atomic E-state index is 12.8. The molecule has 3 aromatic carbocycles. The fourth-order valence-corrected chi connectivity index (χ4v) is 5.16. The number of hydrogen-bond acceptors (Lipinski definition) is 4. The predicted molar refractivity (Wildman–Crippen MR) is 154 cm³/mol. The molecule has 6 rings (SSSR count). The van der Waals surface area contributed by atoms with E-state index >= 15 is 0 Å². The van der Waals surface area contributed by atoms with E-state index in [4.69, 9.17) is 16.6 Å². The van der Waals surface area contributed by atoms with Crippen molar-refractivity contribution < 1.29 is 4.79 Å². The van der Waals surface area contributed by atoms with Crippen molar-refractivity contribution in [3.05, 3.63) is 114 Å². The van der Waals surface area contributed by atoms with Gasteiger partial charge in [-0.15, -0.1) is 0 Å². The highest BCUT2D eigenvalue weighted by atomic mass is 35.5. The standard InChI is InChI=1S/C31H26ClN5O/c32-26-13-7-8-14-27(26)37-21-25(24-11-5-2-6-12-24)29-30(33-22-34-31(29)37)36-19-17-35(18-20-36)28(38)16-15-23-9-3-1-4-10-23/h1-16,21-22H,17-20H2/b16-15+. The minimum atomic E-state index is 0.0242. The zero-order chi connectivity index (χ0) is 25.9. The van der Waals surface area contributed by atoms with Gasteiger partial charge in [0.15, 0.2) is 5.65 Å². The number of benzene rings is 3. The average molecular weight is 520 g/mol. The van der Waals surface area contributed by atoms with Gasteiger partial charge in [0.1, 0.15) is 12.1 Å². The normalized spacial score (nSPS) is 13.9. The summed E-state index contributed by atoms with van der Waals surface area (Å²) in [6, 6.07) is 27.9. The average Bonchev–Trinajstić information content (AvgIpc) is 3.37. The summed E-state index contributed by atoms with van der Waals surface area (Å²) in [4.78, 5) is 26.4. The van der Waals surface area contributed by atoms with Gasteiger partial charge < -0.3 is 9.80 Å². The molecule has 0 unspecified atom stereocenters. The maximum Gasteiger partial charge on any atom is 0.246 e. The lowest BCUT2D eigenvalue weighted by atomic mass is 10.1. The molecule has 1 aliphatic rings. The predicted octanol–water partition coefficient (Wildman–Crippen LogP) is 6.10. The second-order valence-electron chi connectivity index (χ2n) is 9.18. The molecule has 6 nitrogen and oxygen atoms in total. The third kappa shape index (κ3) is 4.66. The Bertz CT molecular complexity index is 1610. The molecule has 188 valence electrons. The number of carbonyl (C=O) groups is 1. The maximum absolute atomic E-state index is 12.8. The van der Waals surface area contributed by atoms with Gasteiger partial charge in [-0.2, -0.15) is 0 Å². The first kappa shape index (κ1) is 23.9. The van der Waals surface area contributed by atoms with Crippen LogP contribution in [-0.2, 0) is 4.79 Å². The molecule has 2 aromatic heterocycles. The van der Waals surface area contributed by atoms with Crippen molar-refractivity contribution in [3.63, 3.8) is 0 Å². The highest BCUT2D eigenvalue weighted by molar-refractivity contribution is 6.32. The fourth-order valence-electron chi connectivity index (χ4n) is 4.93. The second kappa shape index (κ2) is 10.5. The number of para-hydroxylation sites is 1. The SMILES string of the molecule is O=C(/C=C/c1ccccc1)N1CCN(c2ncnc3c2c(-c2ccccc2)cn3-c2ccccc2Cl)CC1. The molecule has 0 saturated carbocycles. The van der Waals surface area contributed by atoms with E-state index in [0.29, 0.717) is 31.2 Å². The summed E-state index contributed by atoms with van der Waals surface area (Å²) in [5.41, 5.74) is 4.80. The molecule has 0 radical (unpaired) electrons. The van der Waals surface area contributed by atoms with Crippen LogP contribution in [0.2, 0.25) is 5.02 Å². The Balaban J connectivity index is 1.33. The van der Waals surface area contributed by atoms with Crippen LogP contribution in [0.1, 0.15) is 5.56 Å². The van der Waals surface area contributed by atoms with Crippen molar-refractivity contribution in [2.75, 3.05) is 31.1 Å². The molecule has 1 amide bonds. The number of nitrogens with zero attached hydrogens (tertiary/aromatic N) is 5. The largest absolute Gasteiger partial charge is 0.352 e. The molecular formula is C31H26ClN5O. The lowest BCUT2D eigenvalue weighted by molar-refractivity contribution is -0.126. The van der Waals surface area contributed by atoms with Crippen molar-refractivity contribution in [2.24, 2.45) is 0 Å². The van der Waals surface area contributed by atoms with E-state index in [0.717, 1.165) is 39.2 Å². The van der Waals surface area contributed by atoms with Gasteiger partial charge in [0, 0.05) is 44.0 Å².